The van der Waals surface area contributed by atoms with Crippen LogP contribution in [-0.2, 0) is 16.0 Å². The minimum absolute atomic E-state index is 0.120. The van der Waals surface area contributed by atoms with Crippen LogP contribution in [-0.4, -0.2) is 23.4 Å². The SMILES string of the molecule is CCc1cccc(C)c1N1C(=O)CC(NC(C)(C)C)C1=O. The minimum atomic E-state index is -0.429. The normalized spacial score (nSPS) is 19.5. The number of amides is 2. The van der Waals surface area contributed by atoms with Crippen LogP contribution in [0.15, 0.2) is 18.2 Å². The average Bonchev–Trinajstić information content (AvgIpc) is 2.63. The summed E-state index contributed by atoms with van der Waals surface area (Å²) in [6.45, 7) is 9.98. The lowest BCUT2D eigenvalue weighted by Crippen LogP contribution is -2.48. The Morgan fingerprint density at radius 3 is 2.52 bits per heavy atom. The molecule has 1 saturated heterocycles. The highest BCUT2D eigenvalue weighted by Gasteiger charge is 2.41. The van der Waals surface area contributed by atoms with Crippen molar-refractivity contribution >= 4 is 17.5 Å². The summed E-state index contributed by atoms with van der Waals surface area (Å²) in [5, 5.41) is 3.24. The van der Waals surface area contributed by atoms with Crippen molar-refractivity contribution < 1.29 is 9.59 Å². The van der Waals surface area contributed by atoms with Gasteiger partial charge in [-0.3, -0.25) is 9.59 Å². The molecule has 0 spiro atoms. The third-order valence-corrected chi connectivity index (χ3v) is 3.68. The van der Waals surface area contributed by atoms with Crippen LogP contribution in [0.4, 0.5) is 5.69 Å². The van der Waals surface area contributed by atoms with Crippen LogP contribution in [0.5, 0.6) is 0 Å². The average molecular weight is 288 g/mol. The van der Waals surface area contributed by atoms with Crippen molar-refractivity contribution in [1.82, 2.24) is 5.32 Å². The molecule has 21 heavy (non-hydrogen) atoms. The van der Waals surface area contributed by atoms with Crippen molar-refractivity contribution in [3.05, 3.63) is 29.3 Å². The number of para-hydroxylation sites is 1. The fraction of sp³-hybridized carbons (Fsp3) is 0.529. The smallest absolute Gasteiger partial charge is 0.251 e. The van der Waals surface area contributed by atoms with Crippen molar-refractivity contribution in [3.8, 4) is 0 Å². The Bertz CT molecular complexity index is 573. The maximum absolute atomic E-state index is 12.7. The molecular weight excluding hydrogens is 264 g/mol. The second-order valence-corrected chi connectivity index (χ2v) is 6.65. The van der Waals surface area contributed by atoms with Gasteiger partial charge in [-0.1, -0.05) is 25.1 Å². The largest absolute Gasteiger partial charge is 0.301 e. The van der Waals surface area contributed by atoms with E-state index in [0.717, 1.165) is 23.2 Å². The van der Waals surface area contributed by atoms with Crippen LogP contribution in [0, 0.1) is 6.92 Å². The van der Waals surface area contributed by atoms with E-state index in [1.54, 1.807) is 0 Å². The van der Waals surface area contributed by atoms with E-state index in [4.69, 9.17) is 0 Å². The van der Waals surface area contributed by atoms with Gasteiger partial charge in [-0.2, -0.15) is 0 Å². The molecule has 0 saturated carbocycles. The predicted octanol–water partition coefficient (Wildman–Crippen LogP) is 2.58. The lowest BCUT2D eigenvalue weighted by Gasteiger charge is -2.25. The Kier molecular flexibility index (Phi) is 4.19. The zero-order valence-corrected chi connectivity index (χ0v) is 13.5. The van der Waals surface area contributed by atoms with Crippen LogP contribution in [0.2, 0.25) is 0 Å². The Hall–Kier alpha value is -1.68. The van der Waals surface area contributed by atoms with Gasteiger partial charge < -0.3 is 5.32 Å². The number of nitrogens with one attached hydrogen (secondary N) is 1. The molecule has 2 amide bonds. The number of anilines is 1. The van der Waals surface area contributed by atoms with E-state index in [-0.39, 0.29) is 23.8 Å². The van der Waals surface area contributed by atoms with Crippen LogP contribution < -0.4 is 10.2 Å². The first-order valence-corrected chi connectivity index (χ1v) is 7.47. The van der Waals surface area contributed by atoms with E-state index in [2.05, 4.69) is 5.32 Å². The molecule has 1 fully saturated rings. The first-order valence-electron chi connectivity index (χ1n) is 7.47. The number of rotatable bonds is 3. The molecule has 4 nitrogen and oxygen atoms in total. The van der Waals surface area contributed by atoms with Gasteiger partial charge in [0.2, 0.25) is 5.91 Å². The summed E-state index contributed by atoms with van der Waals surface area (Å²) in [5.41, 5.74) is 2.57. The van der Waals surface area contributed by atoms with Gasteiger partial charge in [0.05, 0.1) is 18.2 Å². The first-order chi connectivity index (χ1) is 9.74. The Labute approximate surface area is 126 Å². The number of benzene rings is 1. The maximum atomic E-state index is 12.7. The van der Waals surface area contributed by atoms with E-state index < -0.39 is 6.04 Å². The molecule has 0 radical (unpaired) electrons. The Morgan fingerprint density at radius 2 is 1.95 bits per heavy atom. The van der Waals surface area contributed by atoms with E-state index in [1.165, 1.54) is 4.90 Å². The summed E-state index contributed by atoms with van der Waals surface area (Å²) >= 11 is 0. The molecular formula is C17H24N2O2. The van der Waals surface area contributed by atoms with Gasteiger partial charge in [-0.15, -0.1) is 0 Å². The number of carbonyl (C=O) groups is 2. The monoisotopic (exact) mass is 288 g/mol. The predicted molar refractivity (Wildman–Crippen MR) is 84.3 cm³/mol. The van der Waals surface area contributed by atoms with Gasteiger partial charge in [0.1, 0.15) is 0 Å². The van der Waals surface area contributed by atoms with Crippen molar-refractivity contribution in [2.24, 2.45) is 0 Å². The van der Waals surface area contributed by atoms with Gasteiger partial charge in [-0.05, 0) is 45.2 Å². The minimum Gasteiger partial charge on any atom is -0.301 e. The first kappa shape index (κ1) is 15.7. The molecule has 1 N–H and O–H groups in total. The molecule has 1 aliphatic rings. The van der Waals surface area contributed by atoms with Crippen molar-refractivity contribution in [2.45, 2.75) is 59.0 Å². The number of imide groups is 1. The van der Waals surface area contributed by atoms with Crippen molar-refractivity contribution in [3.63, 3.8) is 0 Å². The molecule has 2 rings (SSSR count). The summed E-state index contributed by atoms with van der Waals surface area (Å²) < 4.78 is 0. The van der Waals surface area contributed by atoms with Crippen LogP contribution in [0.25, 0.3) is 0 Å². The summed E-state index contributed by atoms with van der Waals surface area (Å²) in [7, 11) is 0. The molecule has 0 aromatic heterocycles. The van der Waals surface area contributed by atoms with Gasteiger partial charge in [0.15, 0.2) is 0 Å². The number of hydrogen-bond acceptors (Lipinski definition) is 3. The summed E-state index contributed by atoms with van der Waals surface area (Å²) in [5.74, 6) is -0.260. The Morgan fingerprint density at radius 1 is 1.29 bits per heavy atom. The third kappa shape index (κ3) is 3.16. The number of carbonyl (C=O) groups excluding carboxylic acids is 2. The van der Waals surface area contributed by atoms with Crippen molar-refractivity contribution in [2.75, 3.05) is 4.90 Å². The standard InChI is InChI=1S/C17H24N2O2/c1-6-12-9-7-8-11(2)15(12)19-14(20)10-13(16(19)21)18-17(3,4)5/h7-9,13,18H,6,10H2,1-5H3. The quantitative estimate of drug-likeness (QED) is 0.870. The van der Waals surface area contributed by atoms with Gasteiger partial charge in [0.25, 0.3) is 5.91 Å². The van der Waals surface area contributed by atoms with Crippen LogP contribution in [0.3, 0.4) is 0 Å². The van der Waals surface area contributed by atoms with E-state index in [9.17, 15) is 9.59 Å². The molecule has 0 bridgehead atoms. The molecule has 4 heteroatoms. The van der Waals surface area contributed by atoms with E-state index >= 15 is 0 Å². The lowest BCUT2D eigenvalue weighted by atomic mass is 10.0. The number of hydrogen-bond donors (Lipinski definition) is 1. The zero-order chi connectivity index (χ0) is 15.8. The molecule has 1 unspecified atom stereocenters. The lowest BCUT2D eigenvalue weighted by molar-refractivity contribution is -0.121. The van der Waals surface area contributed by atoms with Gasteiger partial charge in [0, 0.05) is 5.54 Å². The Balaban J connectivity index is 2.38. The number of aryl methyl sites for hydroxylation is 2. The van der Waals surface area contributed by atoms with E-state index in [1.807, 2.05) is 52.8 Å². The molecule has 0 aliphatic carbocycles. The molecule has 1 atom stereocenters. The summed E-state index contributed by atoms with van der Waals surface area (Å²) in [6, 6.07) is 5.46. The third-order valence-electron chi connectivity index (χ3n) is 3.68. The fourth-order valence-corrected chi connectivity index (χ4v) is 2.83. The van der Waals surface area contributed by atoms with Gasteiger partial charge in [-0.25, -0.2) is 4.90 Å². The fourth-order valence-electron chi connectivity index (χ4n) is 2.83. The van der Waals surface area contributed by atoms with Crippen LogP contribution >= 0.6 is 0 Å². The number of nitrogens with zero attached hydrogens (tertiary/aromatic N) is 1. The maximum Gasteiger partial charge on any atom is 0.251 e. The van der Waals surface area contributed by atoms with E-state index in [0.29, 0.717) is 0 Å². The molecule has 1 aromatic carbocycles. The highest BCUT2D eigenvalue weighted by atomic mass is 16.2. The second-order valence-electron chi connectivity index (χ2n) is 6.65. The topological polar surface area (TPSA) is 49.4 Å². The van der Waals surface area contributed by atoms with Crippen molar-refractivity contribution in [1.29, 1.82) is 0 Å². The summed E-state index contributed by atoms with van der Waals surface area (Å²) in [4.78, 5) is 26.4. The highest BCUT2D eigenvalue weighted by Crippen LogP contribution is 2.30. The second kappa shape index (κ2) is 5.60. The highest BCUT2D eigenvalue weighted by molar-refractivity contribution is 6.23. The molecule has 114 valence electrons. The van der Waals surface area contributed by atoms with Gasteiger partial charge >= 0.3 is 0 Å². The molecule has 1 heterocycles. The van der Waals surface area contributed by atoms with Crippen LogP contribution in [0.1, 0.15) is 45.2 Å². The zero-order valence-electron chi connectivity index (χ0n) is 13.5. The summed E-state index contributed by atoms with van der Waals surface area (Å²) in [6.07, 6.45) is 1.03. The molecule has 1 aliphatic heterocycles. The molecule has 1 aromatic rings.